The molecule has 3 rings (SSSR count). The molecule has 7 heteroatoms. The average Bonchev–Trinajstić information content (AvgIpc) is 2.91. The van der Waals surface area contributed by atoms with Gasteiger partial charge in [0.1, 0.15) is 0 Å². The Kier molecular flexibility index (Phi) is 4.94. The van der Waals surface area contributed by atoms with Crippen LogP contribution in [0.4, 0.5) is 0 Å². The highest BCUT2D eigenvalue weighted by Crippen LogP contribution is 2.28. The van der Waals surface area contributed by atoms with Gasteiger partial charge in [0.15, 0.2) is 9.84 Å². The van der Waals surface area contributed by atoms with Gasteiger partial charge in [-0.1, -0.05) is 25.7 Å². The van der Waals surface area contributed by atoms with Gasteiger partial charge in [-0.3, -0.25) is 9.59 Å². The molecular weight excluding hydrogens is 316 g/mol. The molecule has 0 radical (unpaired) electrons. The number of nitrogens with one attached hydrogen (secondary N) is 1. The Balaban J connectivity index is 1.55. The molecule has 2 aliphatic heterocycles. The number of rotatable bonds is 3. The number of hydrogen-bond donors (Lipinski definition) is 1. The molecule has 1 N–H and O–H groups in total. The molecule has 130 valence electrons. The van der Waals surface area contributed by atoms with Gasteiger partial charge in [0, 0.05) is 25.0 Å². The molecule has 23 heavy (non-hydrogen) atoms. The van der Waals surface area contributed by atoms with E-state index in [1.807, 2.05) is 4.90 Å². The molecule has 1 saturated carbocycles. The van der Waals surface area contributed by atoms with Crippen LogP contribution in [0.25, 0.3) is 0 Å². The van der Waals surface area contributed by atoms with E-state index >= 15 is 0 Å². The molecule has 0 spiro atoms. The minimum atomic E-state index is -3.00. The molecule has 0 aromatic carbocycles. The Hall–Kier alpha value is -1.11. The van der Waals surface area contributed by atoms with Crippen molar-refractivity contribution in [1.29, 1.82) is 0 Å². The first-order valence-corrected chi connectivity index (χ1v) is 10.6. The summed E-state index contributed by atoms with van der Waals surface area (Å²) in [6, 6.07) is 0.00388. The minimum Gasteiger partial charge on any atom is -0.352 e. The highest BCUT2D eigenvalue weighted by Gasteiger charge is 2.39. The third kappa shape index (κ3) is 4.05. The number of amides is 2. The highest BCUT2D eigenvalue weighted by atomic mass is 32.2. The lowest BCUT2D eigenvalue weighted by Gasteiger charge is -2.27. The summed E-state index contributed by atoms with van der Waals surface area (Å²) < 4.78 is 22.9. The van der Waals surface area contributed by atoms with Crippen molar-refractivity contribution in [2.45, 2.75) is 63.5 Å². The quantitative estimate of drug-likeness (QED) is 0.771. The van der Waals surface area contributed by atoms with E-state index < -0.39 is 9.84 Å². The largest absolute Gasteiger partial charge is 0.352 e. The molecule has 0 bridgehead atoms. The first kappa shape index (κ1) is 16.7. The Labute approximate surface area is 137 Å². The van der Waals surface area contributed by atoms with Gasteiger partial charge >= 0.3 is 0 Å². The maximum atomic E-state index is 12.4. The van der Waals surface area contributed by atoms with Crippen LogP contribution >= 0.6 is 0 Å². The Morgan fingerprint density at radius 3 is 2.39 bits per heavy atom. The molecule has 2 atom stereocenters. The number of carbonyl (C=O) groups excluding carboxylic acids is 2. The molecule has 2 heterocycles. The molecule has 0 aromatic heterocycles. The van der Waals surface area contributed by atoms with Crippen molar-refractivity contribution in [1.82, 2.24) is 10.2 Å². The minimum absolute atomic E-state index is 0.0335. The second-order valence-electron chi connectivity index (χ2n) is 7.20. The molecule has 2 unspecified atom stereocenters. The van der Waals surface area contributed by atoms with Crippen LogP contribution in [0.15, 0.2) is 0 Å². The van der Waals surface area contributed by atoms with E-state index in [1.165, 1.54) is 12.8 Å². The van der Waals surface area contributed by atoms with Crippen LogP contribution in [-0.2, 0) is 19.4 Å². The fourth-order valence-electron chi connectivity index (χ4n) is 4.06. The zero-order chi connectivity index (χ0) is 16.4. The standard InChI is InChI=1S/C16H26N2O4S/c19-15-9-12(10-18(15)14-5-3-1-2-4-6-14)16(20)17-13-7-8-23(21,22)11-13/h12-14H,1-11H2,(H,17,20). The van der Waals surface area contributed by atoms with Crippen LogP contribution in [0.2, 0.25) is 0 Å². The Morgan fingerprint density at radius 1 is 1.09 bits per heavy atom. The van der Waals surface area contributed by atoms with Gasteiger partial charge < -0.3 is 10.2 Å². The van der Waals surface area contributed by atoms with E-state index in [0.29, 0.717) is 13.0 Å². The number of nitrogens with zero attached hydrogens (tertiary/aromatic N) is 1. The van der Waals surface area contributed by atoms with Crippen molar-refractivity contribution in [2.75, 3.05) is 18.1 Å². The lowest BCUT2D eigenvalue weighted by atomic mass is 10.1. The van der Waals surface area contributed by atoms with Gasteiger partial charge in [0.25, 0.3) is 0 Å². The van der Waals surface area contributed by atoms with Crippen LogP contribution in [0.1, 0.15) is 51.4 Å². The first-order chi connectivity index (χ1) is 10.9. The summed E-state index contributed by atoms with van der Waals surface area (Å²) in [6.07, 6.45) is 7.62. The lowest BCUT2D eigenvalue weighted by Crippen LogP contribution is -2.41. The molecule has 3 fully saturated rings. The van der Waals surface area contributed by atoms with Crippen LogP contribution in [0, 0.1) is 5.92 Å². The van der Waals surface area contributed by atoms with Crippen molar-refractivity contribution >= 4 is 21.7 Å². The van der Waals surface area contributed by atoms with Crippen LogP contribution in [-0.4, -0.2) is 55.3 Å². The second-order valence-corrected chi connectivity index (χ2v) is 9.43. The van der Waals surface area contributed by atoms with Gasteiger partial charge in [-0.05, 0) is 19.3 Å². The van der Waals surface area contributed by atoms with Crippen molar-refractivity contribution in [3.63, 3.8) is 0 Å². The smallest absolute Gasteiger partial charge is 0.225 e. The van der Waals surface area contributed by atoms with Gasteiger partial charge in [-0.25, -0.2) is 8.42 Å². The van der Waals surface area contributed by atoms with Crippen molar-refractivity contribution in [2.24, 2.45) is 5.92 Å². The number of hydrogen-bond acceptors (Lipinski definition) is 4. The fraction of sp³-hybridized carbons (Fsp3) is 0.875. The molecule has 1 aliphatic carbocycles. The number of likely N-dealkylation sites (tertiary alicyclic amines) is 1. The normalized spacial score (nSPS) is 32.0. The molecule has 2 saturated heterocycles. The van der Waals surface area contributed by atoms with Gasteiger partial charge in [-0.15, -0.1) is 0 Å². The van der Waals surface area contributed by atoms with E-state index in [4.69, 9.17) is 0 Å². The summed E-state index contributed by atoms with van der Waals surface area (Å²) in [5.41, 5.74) is 0. The Bertz CT molecular complexity index is 567. The fourth-order valence-corrected chi connectivity index (χ4v) is 5.73. The summed E-state index contributed by atoms with van der Waals surface area (Å²) in [7, 11) is -3.00. The van der Waals surface area contributed by atoms with E-state index in [0.717, 1.165) is 25.7 Å². The summed E-state index contributed by atoms with van der Waals surface area (Å²) >= 11 is 0. The van der Waals surface area contributed by atoms with E-state index in [-0.39, 0.29) is 47.7 Å². The molecule has 6 nitrogen and oxygen atoms in total. The van der Waals surface area contributed by atoms with Crippen LogP contribution < -0.4 is 5.32 Å². The summed E-state index contributed by atoms with van der Waals surface area (Å²) in [5, 5.41) is 2.84. The first-order valence-electron chi connectivity index (χ1n) is 8.75. The van der Waals surface area contributed by atoms with Crippen molar-refractivity contribution in [3.8, 4) is 0 Å². The third-order valence-corrected chi connectivity index (χ3v) is 7.14. The second kappa shape index (κ2) is 6.79. The zero-order valence-electron chi connectivity index (χ0n) is 13.5. The van der Waals surface area contributed by atoms with Crippen molar-refractivity contribution in [3.05, 3.63) is 0 Å². The molecule has 2 amide bonds. The van der Waals surface area contributed by atoms with Crippen LogP contribution in [0.5, 0.6) is 0 Å². The monoisotopic (exact) mass is 342 g/mol. The third-order valence-electron chi connectivity index (χ3n) is 5.37. The SMILES string of the molecule is O=C(NC1CCS(=O)(=O)C1)C1CC(=O)N(C2CCCCCC2)C1. The van der Waals surface area contributed by atoms with Crippen molar-refractivity contribution < 1.29 is 18.0 Å². The zero-order valence-corrected chi connectivity index (χ0v) is 14.3. The summed E-state index contributed by atoms with van der Waals surface area (Å²) in [6.45, 7) is 0.495. The van der Waals surface area contributed by atoms with Gasteiger partial charge in [0.05, 0.1) is 17.4 Å². The summed E-state index contributed by atoms with van der Waals surface area (Å²) in [4.78, 5) is 26.6. The maximum Gasteiger partial charge on any atom is 0.225 e. The highest BCUT2D eigenvalue weighted by molar-refractivity contribution is 7.91. The number of carbonyl (C=O) groups is 2. The van der Waals surface area contributed by atoms with E-state index in [9.17, 15) is 18.0 Å². The summed E-state index contributed by atoms with van der Waals surface area (Å²) in [5.74, 6) is -0.219. The van der Waals surface area contributed by atoms with E-state index in [1.54, 1.807) is 0 Å². The maximum absolute atomic E-state index is 12.4. The predicted molar refractivity (Wildman–Crippen MR) is 86.5 cm³/mol. The van der Waals surface area contributed by atoms with Gasteiger partial charge in [0.2, 0.25) is 11.8 Å². The van der Waals surface area contributed by atoms with Gasteiger partial charge in [-0.2, -0.15) is 0 Å². The molecular formula is C16H26N2O4S. The van der Waals surface area contributed by atoms with Crippen LogP contribution in [0.3, 0.4) is 0 Å². The number of sulfone groups is 1. The lowest BCUT2D eigenvalue weighted by molar-refractivity contribution is -0.130. The topological polar surface area (TPSA) is 83.5 Å². The predicted octanol–water partition coefficient (Wildman–Crippen LogP) is 0.861. The molecule has 3 aliphatic rings. The molecule has 0 aromatic rings. The Morgan fingerprint density at radius 2 is 1.78 bits per heavy atom. The average molecular weight is 342 g/mol. The van der Waals surface area contributed by atoms with E-state index in [2.05, 4.69) is 5.32 Å².